The van der Waals surface area contributed by atoms with Crippen molar-refractivity contribution in [3.8, 4) is 0 Å². The van der Waals surface area contributed by atoms with Crippen LogP contribution in [0, 0.1) is 0 Å². The van der Waals surface area contributed by atoms with Gasteiger partial charge in [0.1, 0.15) is 0 Å². The Morgan fingerprint density at radius 1 is 0.500 bits per heavy atom. The molecule has 0 aromatic heterocycles. The van der Waals surface area contributed by atoms with E-state index in [4.69, 9.17) is 0 Å². The lowest BCUT2D eigenvalue weighted by Gasteiger charge is -2.10. The van der Waals surface area contributed by atoms with Crippen molar-refractivity contribution in [1.29, 1.82) is 0 Å². The van der Waals surface area contributed by atoms with Crippen molar-refractivity contribution in [2.45, 2.75) is 39.6 Å². The standard InChI is InChI=1S/C6H12O6/c1-4-7-9-5(2)11-12-6(3)10-8-4/h4-6H,1-3H3. The summed E-state index contributed by atoms with van der Waals surface area (Å²) in [5.41, 5.74) is 0. The van der Waals surface area contributed by atoms with Gasteiger partial charge >= 0.3 is 0 Å². The van der Waals surface area contributed by atoms with Gasteiger partial charge in [0.05, 0.1) is 0 Å². The molecule has 12 heavy (non-hydrogen) atoms. The van der Waals surface area contributed by atoms with Crippen molar-refractivity contribution < 1.29 is 29.3 Å². The maximum absolute atomic E-state index is 4.67. The minimum atomic E-state index is -0.625. The van der Waals surface area contributed by atoms with Crippen LogP contribution in [0.25, 0.3) is 0 Å². The van der Waals surface area contributed by atoms with Gasteiger partial charge in [-0.15, -0.1) is 0 Å². The third-order valence-corrected chi connectivity index (χ3v) is 0.980. The predicted octanol–water partition coefficient (Wildman–Crippen LogP) is 0.883. The first kappa shape index (κ1) is 9.85. The number of rotatable bonds is 0. The molecule has 72 valence electrons. The molecule has 0 bridgehead atoms. The van der Waals surface area contributed by atoms with Crippen LogP contribution in [-0.4, -0.2) is 18.9 Å². The van der Waals surface area contributed by atoms with Crippen molar-refractivity contribution in [3.63, 3.8) is 0 Å². The molecular weight excluding hydrogens is 168 g/mol. The van der Waals surface area contributed by atoms with E-state index in [-0.39, 0.29) is 0 Å². The molecule has 1 heterocycles. The fraction of sp³-hybridized carbons (Fsp3) is 1.00. The third-order valence-electron chi connectivity index (χ3n) is 0.980. The Kier molecular flexibility index (Phi) is 3.86. The average molecular weight is 180 g/mol. The maximum Gasteiger partial charge on any atom is 0.221 e. The molecule has 0 spiro atoms. The predicted molar refractivity (Wildman–Crippen MR) is 34.9 cm³/mol. The van der Waals surface area contributed by atoms with Gasteiger partial charge in [-0.3, -0.25) is 0 Å². The van der Waals surface area contributed by atoms with E-state index in [0.717, 1.165) is 0 Å². The summed E-state index contributed by atoms with van der Waals surface area (Å²) in [5, 5.41) is 0. The van der Waals surface area contributed by atoms with E-state index in [1.165, 1.54) is 0 Å². The van der Waals surface area contributed by atoms with Crippen LogP contribution in [0.15, 0.2) is 0 Å². The minimum Gasteiger partial charge on any atom is -0.199 e. The van der Waals surface area contributed by atoms with Gasteiger partial charge in [-0.05, 0) is 20.8 Å². The van der Waals surface area contributed by atoms with Crippen LogP contribution < -0.4 is 0 Å². The number of hydrogen-bond donors (Lipinski definition) is 0. The summed E-state index contributed by atoms with van der Waals surface area (Å²) in [6.45, 7) is 4.85. The quantitative estimate of drug-likeness (QED) is 0.516. The summed E-state index contributed by atoms with van der Waals surface area (Å²) in [6, 6.07) is 0. The lowest BCUT2D eigenvalue weighted by Crippen LogP contribution is -2.16. The Labute approximate surface area is 70.0 Å². The van der Waals surface area contributed by atoms with Crippen LogP contribution in [0.4, 0.5) is 0 Å². The van der Waals surface area contributed by atoms with Crippen molar-refractivity contribution >= 4 is 0 Å². The molecule has 6 nitrogen and oxygen atoms in total. The topological polar surface area (TPSA) is 55.4 Å². The van der Waals surface area contributed by atoms with Gasteiger partial charge < -0.3 is 0 Å². The fourth-order valence-corrected chi connectivity index (χ4v) is 0.518. The lowest BCUT2D eigenvalue weighted by molar-refractivity contribution is -0.475. The molecule has 0 aliphatic carbocycles. The van der Waals surface area contributed by atoms with Gasteiger partial charge in [-0.25, -0.2) is 0 Å². The van der Waals surface area contributed by atoms with Crippen LogP contribution in [0.2, 0.25) is 0 Å². The normalized spacial score (nSPS) is 39.8. The van der Waals surface area contributed by atoms with Crippen molar-refractivity contribution in [2.75, 3.05) is 0 Å². The second-order valence-electron chi connectivity index (χ2n) is 2.28. The Bertz CT molecular complexity index is 93.4. The molecule has 0 atom stereocenters. The average Bonchev–Trinajstić information content (AvgIpc) is 2.11. The Morgan fingerprint density at radius 2 is 0.667 bits per heavy atom. The zero-order chi connectivity index (χ0) is 8.97. The van der Waals surface area contributed by atoms with E-state index in [1.54, 1.807) is 20.8 Å². The molecule has 0 aromatic rings. The molecule has 1 rings (SSSR count). The lowest BCUT2D eigenvalue weighted by atomic mass is 10.8. The van der Waals surface area contributed by atoms with E-state index >= 15 is 0 Å². The largest absolute Gasteiger partial charge is 0.221 e. The van der Waals surface area contributed by atoms with Crippen LogP contribution in [-0.2, 0) is 29.3 Å². The molecule has 0 aromatic carbocycles. The summed E-state index contributed by atoms with van der Waals surface area (Å²) >= 11 is 0. The molecule has 6 heteroatoms. The van der Waals surface area contributed by atoms with Crippen molar-refractivity contribution in [1.82, 2.24) is 0 Å². The van der Waals surface area contributed by atoms with E-state index < -0.39 is 18.9 Å². The maximum atomic E-state index is 4.67. The first-order valence-electron chi connectivity index (χ1n) is 3.65. The number of hydrogen-bond acceptors (Lipinski definition) is 6. The van der Waals surface area contributed by atoms with E-state index in [1.807, 2.05) is 0 Å². The Morgan fingerprint density at radius 3 is 0.833 bits per heavy atom. The zero-order valence-corrected chi connectivity index (χ0v) is 7.18. The van der Waals surface area contributed by atoms with Gasteiger partial charge in [0.25, 0.3) is 0 Å². The molecule has 0 N–H and O–H groups in total. The molecule has 0 saturated carbocycles. The van der Waals surface area contributed by atoms with Crippen LogP contribution in [0.3, 0.4) is 0 Å². The van der Waals surface area contributed by atoms with Gasteiger partial charge in [0, 0.05) is 0 Å². The molecule has 1 aliphatic heterocycles. The second-order valence-corrected chi connectivity index (χ2v) is 2.28. The SMILES string of the molecule is CC1OOC(C)OOC(C)OO1. The van der Waals surface area contributed by atoms with Gasteiger partial charge in [-0.2, -0.15) is 29.3 Å². The summed E-state index contributed by atoms with van der Waals surface area (Å²) in [4.78, 5) is 28.0. The molecule has 0 unspecified atom stereocenters. The monoisotopic (exact) mass is 180 g/mol. The Hall–Kier alpha value is -0.240. The van der Waals surface area contributed by atoms with E-state index in [2.05, 4.69) is 29.3 Å². The third kappa shape index (κ3) is 3.44. The Balaban J connectivity index is 2.36. The molecule has 1 fully saturated rings. The first-order valence-corrected chi connectivity index (χ1v) is 3.65. The first-order chi connectivity index (χ1) is 5.68. The highest BCUT2D eigenvalue weighted by Gasteiger charge is 2.17. The fourth-order valence-electron chi connectivity index (χ4n) is 0.518. The van der Waals surface area contributed by atoms with E-state index in [9.17, 15) is 0 Å². The van der Waals surface area contributed by atoms with Gasteiger partial charge in [0.2, 0.25) is 18.9 Å². The molecule has 0 radical (unpaired) electrons. The van der Waals surface area contributed by atoms with Crippen LogP contribution in [0.5, 0.6) is 0 Å². The minimum absolute atomic E-state index is 0.625. The van der Waals surface area contributed by atoms with E-state index in [0.29, 0.717) is 0 Å². The smallest absolute Gasteiger partial charge is 0.199 e. The van der Waals surface area contributed by atoms with Gasteiger partial charge in [0.15, 0.2) is 0 Å². The van der Waals surface area contributed by atoms with Crippen molar-refractivity contribution in [2.24, 2.45) is 0 Å². The second kappa shape index (κ2) is 4.70. The summed E-state index contributed by atoms with van der Waals surface area (Å²) < 4.78 is 0. The van der Waals surface area contributed by atoms with Gasteiger partial charge in [-0.1, -0.05) is 0 Å². The van der Waals surface area contributed by atoms with Crippen molar-refractivity contribution in [3.05, 3.63) is 0 Å². The zero-order valence-electron chi connectivity index (χ0n) is 7.18. The highest BCUT2D eigenvalue weighted by atomic mass is 17.4. The molecule has 1 aliphatic rings. The highest BCUT2D eigenvalue weighted by Crippen LogP contribution is 2.08. The summed E-state index contributed by atoms with van der Waals surface area (Å²) in [6.07, 6.45) is -1.87. The molecule has 1 saturated heterocycles. The summed E-state index contributed by atoms with van der Waals surface area (Å²) in [7, 11) is 0. The van der Waals surface area contributed by atoms with Crippen LogP contribution in [0.1, 0.15) is 20.8 Å². The highest BCUT2D eigenvalue weighted by molar-refractivity contribution is 4.24. The summed E-state index contributed by atoms with van der Waals surface area (Å²) in [5.74, 6) is 0. The molecular formula is C6H12O6. The van der Waals surface area contributed by atoms with Crippen LogP contribution >= 0.6 is 0 Å². The molecule has 0 amide bonds.